The Labute approximate surface area is 96.0 Å². The number of rotatable bonds is 4. The molecular weight excluding hydrogens is 212 g/mol. The Bertz CT molecular complexity index is 250. The Morgan fingerprint density at radius 2 is 1.88 bits per heavy atom. The summed E-state index contributed by atoms with van der Waals surface area (Å²) in [5, 5.41) is 2.26. The van der Waals surface area contributed by atoms with Crippen LogP contribution in [0.5, 0.6) is 0 Å². The maximum absolute atomic E-state index is 11.8. The van der Waals surface area contributed by atoms with Gasteiger partial charge in [0.05, 0.1) is 7.11 Å². The zero-order valence-corrected chi connectivity index (χ0v) is 10.7. The molecule has 0 saturated heterocycles. The quantitative estimate of drug-likeness (QED) is 0.538. The van der Waals surface area contributed by atoms with Crippen LogP contribution >= 0.6 is 0 Å². The zero-order chi connectivity index (χ0) is 12.9. The zero-order valence-electron chi connectivity index (χ0n) is 10.7. The van der Waals surface area contributed by atoms with Crippen LogP contribution in [0, 0.1) is 0 Å². The van der Waals surface area contributed by atoms with E-state index in [1.54, 1.807) is 27.7 Å². The molecule has 0 heterocycles. The van der Waals surface area contributed by atoms with Crippen LogP contribution in [0.2, 0.25) is 0 Å². The molecule has 94 valence electrons. The third-order valence-electron chi connectivity index (χ3n) is 1.73. The Kier molecular flexibility index (Phi) is 5.40. The summed E-state index contributed by atoms with van der Waals surface area (Å²) in [7, 11) is 2.92. The predicted octanol–water partition coefficient (Wildman–Crippen LogP) is 1.22. The summed E-state index contributed by atoms with van der Waals surface area (Å²) in [4.78, 5) is 27.4. The maximum Gasteiger partial charge on any atom is 0.427 e. The molecule has 0 fully saturated rings. The second kappa shape index (κ2) is 5.81. The molecule has 0 aliphatic rings. The number of aldehydes is 1. The van der Waals surface area contributed by atoms with Crippen molar-refractivity contribution in [2.75, 3.05) is 14.2 Å². The van der Waals surface area contributed by atoms with Crippen molar-refractivity contribution in [2.24, 2.45) is 0 Å². The molecule has 0 rings (SSSR count). The van der Waals surface area contributed by atoms with Gasteiger partial charge in [0.2, 0.25) is 0 Å². The van der Waals surface area contributed by atoms with Crippen LogP contribution in [0.25, 0.3) is 0 Å². The summed E-state index contributed by atoms with van der Waals surface area (Å²) in [5.41, 5.74) is -0.619. The molecule has 6 heteroatoms. The fraction of sp³-hybridized carbons (Fsp3) is 0.800. The van der Waals surface area contributed by atoms with Crippen LogP contribution in [0.1, 0.15) is 27.7 Å². The molecule has 0 aromatic rings. The molecule has 0 aliphatic carbocycles. The number of hydroxylamine groups is 1. The van der Waals surface area contributed by atoms with Crippen LogP contribution in [-0.4, -0.2) is 48.4 Å². The smallest absolute Gasteiger partial charge is 0.427 e. The molecule has 0 aromatic heterocycles. The molecule has 0 radical (unpaired) electrons. The van der Waals surface area contributed by atoms with Gasteiger partial charge in [0.15, 0.2) is 0 Å². The number of hydrogen-bond acceptors (Lipinski definition) is 5. The largest absolute Gasteiger partial charge is 0.443 e. The molecular formula is C10H20N2O4. The van der Waals surface area contributed by atoms with E-state index in [0.29, 0.717) is 6.29 Å². The maximum atomic E-state index is 11.8. The van der Waals surface area contributed by atoms with Gasteiger partial charge in [0.25, 0.3) is 0 Å². The summed E-state index contributed by atoms with van der Waals surface area (Å²) in [6.07, 6.45) is 0.0100. The van der Waals surface area contributed by atoms with Gasteiger partial charge in [0.1, 0.15) is 17.9 Å². The van der Waals surface area contributed by atoms with Crippen LogP contribution in [0.15, 0.2) is 0 Å². The minimum Gasteiger partial charge on any atom is -0.443 e. The molecule has 6 nitrogen and oxygen atoms in total. The van der Waals surface area contributed by atoms with Gasteiger partial charge in [0, 0.05) is 7.05 Å². The average Bonchev–Trinajstić information content (AvgIpc) is 2.14. The molecule has 16 heavy (non-hydrogen) atoms. The number of amides is 1. The van der Waals surface area contributed by atoms with E-state index < -0.39 is 17.7 Å². The van der Waals surface area contributed by atoms with Gasteiger partial charge in [-0.3, -0.25) is 4.84 Å². The van der Waals surface area contributed by atoms with E-state index in [-0.39, 0.29) is 0 Å². The van der Waals surface area contributed by atoms with Crippen molar-refractivity contribution in [1.82, 2.24) is 10.2 Å². The normalized spacial score (nSPS) is 13.4. The minimum atomic E-state index is -0.653. The van der Waals surface area contributed by atoms with Gasteiger partial charge in [-0.2, -0.15) is 0 Å². The molecule has 1 atom stereocenters. The highest BCUT2D eigenvalue weighted by atomic mass is 16.7. The van der Waals surface area contributed by atoms with E-state index in [0.717, 1.165) is 10.2 Å². The van der Waals surface area contributed by atoms with E-state index in [1.165, 1.54) is 14.2 Å². The van der Waals surface area contributed by atoms with Crippen molar-refractivity contribution in [3.63, 3.8) is 0 Å². The van der Waals surface area contributed by atoms with Crippen molar-refractivity contribution in [1.29, 1.82) is 0 Å². The van der Waals surface area contributed by atoms with E-state index in [4.69, 9.17) is 9.57 Å². The van der Waals surface area contributed by atoms with E-state index in [9.17, 15) is 9.59 Å². The first kappa shape index (κ1) is 14.9. The first-order valence-electron chi connectivity index (χ1n) is 4.98. The Morgan fingerprint density at radius 3 is 2.19 bits per heavy atom. The fourth-order valence-corrected chi connectivity index (χ4v) is 0.992. The van der Waals surface area contributed by atoms with Crippen LogP contribution in [-0.2, 0) is 14.4 Å². The highest BCUT2D eigenvalue weighted by Gasteiger charge is 2.29. The van der Waals surface area contributed by atoms with Gasteiger partial charge in [-0.25, -0.2) is 9.80 Å². The highest BCUT2D eigenvalue weighted by Crippen LogP contribution is 2.12. The third-order valence-corrected chi connectivity index (χ3v) is 1.73. The molecule has 1 amide bonds. The second-order valence-electron chi connectivity index (χ2n) is 4.35. The monoisotopic (exact) mass is 232 g/mol. The standard InChI is InChI=1S/C10H20N2O4/c1-8(7-13)12(11(5)15-6)9(14)16-10(2,3)4/h7-8H,1-6H3. The fourth-order valence-electron chi connectivity index (χ4n) is 0.992. The topological polar surface area (TPSA) is 59.1 Å². The SMILES string of the molecule is CON(C)N(C(=O)OC(C)(C)C)C(C)C=O. The Hall–Kier alpha value is -1.14. The van der Waals surface area contributed by atoms with Crippen molar-refractivity contribution < 1.29 is 19.2 Å². The molecule has 0 aromatic carbocycles. The molecule has 1 unspecified atom stereocenters. The van der Waals surface area contributed by atoms with Crippen LogP contribution < -0.4 is 0 Å². The third kappa shape index (κ3) is 4.59. The first-order valence-corrected chi connectivity index (χ1v) is 4.98. The number of ether oxygens (including phenoxy) is 1. The summed E-state index contributed by atoms with van der Waals surface area (Å²) >= 11 is 0. The summed E-state index contributed by atoms with van der Waals surface area (Å²) < 4.78 is 5.15. The lowest BCUT2D eigenvalue weighted by Crippen LogP contribution is -2.51. The first-order chi connectivity index (χ1) is 7.22. The highest BCUT2D eigenvalue weighted by molar-refractivity contribution is 5.72. The lowest BCUT2D eigenvalue weighted by molar-refractivity contribution is -0.244. The van der Waals surface area contributed by atoms with E-state index >= 15 is 0 Å². The second-order valence-corrected chi connectivity index (χ2v) is 4.35. The number of hydrazine groups is 1. The number of nitrogens with zero attached hydrogens (tertiary/aromatic N) is 2. The van der Waals surface area contributed by atoms with Gasteiger partial charge >= 0.3 is 6.09 Å². The van der Waals surface area contributed by atoms with Gasteiger partial charge in [-0.15, -0.1) is 0 Å². The van der Waals surface area contributed by atoms with Crippen molar-refractivity contribution in [2.45, 2.75) is 39.3 Å². The van der Waals surface area contributed by atoms with Crippen molar-refractivity contribution in [3.8, 4) is 0 Å². The molecule has 0 aliphatic heterocycles. The number of hydrogen-bond donors (Lipinski definition) is 0. The van der Waals surface area contributed by atoms with Crippen LogP contribution in [0.3, 0.4) is 0 Å². The molecule has 0 saturated carbocycles. The number of carbonyl (C=O) groups excluding carboxylic acids is 2. The molecule has 0 bridgehead atoms. The average molecular weight is 232 g/mol. The Morgan fingerprint density at radius 1 is 1.38 bits per heavy atom. The van der Waals surface area contributed by atoms with Gasteiger partial charge < -0.3 is 9.53 Å². The minimum absolute atomic E-state index is 0.619. The lowest BCUT2D eigenvalue weighted by atomic mass is 10.2. The van der Waals surface area contributed by atoms with Gasteiger partial charge in [-0.1, -0.05) is 5.17 Å². The van der Waals surface area contributed by atoms with Gasteiger partial charge in [-0.05, 0) is 27.7 Å². The summed E-state index contributed by atoms with van der Waals surface area (Å²) in [6.45, 7) is 6.83. The summed E-state index contributed by atoms with van der Waals surface area (Å²) in [6, 6.07) is -0.653. The van der Waals surface area contributed by atoms with Crippen molar-refractivity contribution in [3.05, 3.63) is 0 Å². The number of carbonyl (C=O) groups is 2. The van der Waals surface area contributed by atoms with Crippen molar-refractivity contribution >= 4 is 12.4 Å². The Balaban J connectivity index is 4.76. The lowest BCUT2D eigenvalue weighted by Gasteiger charge is -2.33. The molecule has 0 N–H and O–H groups in total. The predicted molar refractivity (Wildman–Crippen MR) is 58.4 cm³/mol. The van der Waals surface area contributed by atoms with E-state index in [1.807, 2.05) is 0 Å². The summed E-state index contributed by atoms with van der Waals surface area (Å²) in [5.74, 6) is 0. The molecule has 0 spiro atoms. The van der Waals surface area contributed by atoms with E-state index in [2.05, 4.69) is 0 Å². The van der Waals surface area contributed by atoms with Crippen LogP contribution in [0.4, 0.5) is 4.79 Å².